The molecule has 0 spiro atoms. The van der Waals surface area contributed by atoms with Crippen molar-refractivity contribution in [3.8, 4) is 16.9 Å². The summed E-state index contributed by atoms with van der Waals surface area (Å²) in [6, 6.07) is 18.1. The summed E-state index contributed by atoms with van der Waals surface area (Å²) in [6.07, 6.45) is 0. The van der Waals surface area contributed by atoms with Crippen LogP contribution in [0.4, 0.5) is 5.69 Å². The van der Waals surface area contributed by atoms with Crippen molar-refractivity contribution in [1.82, 2.24) is 0 Å². The predicted octanol–water partition coefficient (Wildman–Crippen LogP) is 5.17. The molecule has 0 amide bonds. The lowest BCUT2D eigenvalue weighted by atomic mass is 10.1. The molecule has 2 N–H and O–H groups in total. The molecule has 0 fully saturated rings. The van der Waals surface area contributed by atoms with Crippen LogP contribution in [-0.2, 0) is 10.0 Å². The van der Waals surface area contributed by atoms with E-state index in [0.717, 1.165) is 11.1 Å². The molecule has 3 aromatic rings. The number of hydrogen-bond donors (Lipinski definition) is 2. The molecular weight excluding hydrogens is 381 g/mol. The maximum Gasteiger partial charge on any atom is 0.262 e. The van der Waals surface area contributed by atoms with Crippen molar-refractivity contribution in [2.75, 3.05) is 4.72 Å². The Bertz CT molecular complexity index is 1000. The summed E-state index contributed by atoms with van der Waals surface area (Å²) in [4.78, 5) is -0.0884. The van der Waals surface area contributed by atoms with Crippen LogP contribution in [0.25, 0.3) is 11.1 Å². The van der Waals surface area contributed by atoms with E-state index < -0.39 is 10.0 Å². The molecule has 0 aliphatic rings. The first-order valence-electron chi connectivity index (χ1n) is 7.22. The van der Waals surface area contributed by atoms with E-state index in [0.29, 0.717) is 0 Å². The lowest BCUT2D eigenvalue weighted by Crippen LogP contribution is -2.13. The fourth-order valence-electron chi connectivity index (χ4n) is 2.32. The third kappa shape index (κ3) is 4.07. The first-order chi connectivity index (χ1) is 11.8. The van der Waals surface area contributed by atoms with Crippen molar-refractivity contribution in [2.24, 2.45) is 0 Å². The van der Waals surface area contributed by atoms with Gasteiger partial charge in [0.05, 0.1) is 10.6 Å². The van der Waals surface area contributed by atoms with Crippen LogP contribution >= 0.6 is 23.2 Å². The predicted molar refractivity (Wildman–Crippen MR) is 101 cm³/mol. The second-order valence-electron chi connectivity index (χ2n) is 5.31. The highest BCUT2D eigenvalue weighted by Gasteiger charge is 2.18. The number of phenols is 1. The number of phenolic OH excluding ortho intramolecular Hbond substituents is 1. The zero-order valence-corrected chi connectivity index (χ0v) is 15.1. The molecule has 0 atom stereocenters. The zero-order chi connectivity index (χ0) is 18.0. The highest BCUT2D eigenvalue weighted by atomic mass is 35.5. The summed E-state index contributed by atoms with van der Waals surface area (Å²) in [5.41, 5.74) is 1.73. The molecule has 0 saturated carbocycles. The highest BCUT2D eigenvalue weighted by molar-refractivity contribution is 7.92. The maximum atomic E-state index is 12.6. The molecule has 3 aromatic carbocycles. The molecule has 0 heterocycles. The molecule has 128 valence electrons. The van der Waals surface area contributed by atoms with E-state index in [-0.39, 0.29) is 26.4 Å². The topological polar surface area (TPSA) is 66.4 Å². The molecule has 0 aliphatic heterocycles. The number of aromatic hydroxyl groups is 1. The van der Waals surface area contributed by atoms with Gasteiger partial charge in [0.1, 0.15) is 5.75 Å². The van der Waals surface area contributed by atoms with Crippen molar-refractivity contribution >= 4 is 38.9 Å². The molecule has 0 aromatic heterocycles. The van der Waals surface area contributed by atoms with Gasteiger partial charge in [-0.05, 0) is 41.5 Å². The van der Waals surface area contributed by atoms with Crippen LogP contribution in [0.3, 0.4) is 0 Å². The number of anilines is 1. The fourth-order valence-corrected chi connectivity index (χ4v) is 4.11. The fraction of sp³-hybridized carbons (Fsp3) is 0. The van der Waals surface area contributed by atoms with Crippen LogP contribution in [0.2, 0.25) is 10.0 Å². The molecule has 0 bridgehead atoms. The lowest BCUT2D eigenvalue weighted by molar-refractivity contribution is 0.477. The largest absolute Gasteiger partial charge is 0.506 e. The van der Waals surface area contributed by atoms with Gasteiger partial charge >= 0.3 is 0 Å². The number of hydrogen-bond acceptors (Lipinski definition) is 3. The van der Waals surface area contributed by atoms with Gasteiger partial charge in [-0.2, -0.15) is 0 Å². The van der Waals surface area contributed by atoms with Crippen LogP contribution in [0.5, 0.6) is 5.75 Å². The average Bonchev–Trinajstić information content (AvgIpc) is 2.56. The molecule has 0 aliphatic carbocycles. The van der Waals surface area contributed by atoms with E-state index >= 15 is 0 Å². The van der Waals surface area contributed by atoms with Crippen molar-refractivity contribution in [3.63, 3.8) is 0 Å². The Morgan fingerprint density at radius 3 is 2.08 bits per heavy atom. The third-order valence-electron chi connectivity index (χ3n) is 3.49. The first kappa shape index (κ1) is 17.6. The molecule has 0 unspecified atom stereocenters. The summed E-state index contributed by atoms with van der Waals surface area (Å²) in [6.45, 7) is 0. The first-order valence-corrected chi connectivity index (χ1v) is 9.46. The quantitative estimate of drug-likeness (QED) is 0.601. The highest BCUT2D eigenvalue weighted by Crippen LogP contribution is 2.32. The maximum absolute atomic E-state index is 12.6. The summed E-state index contributed by atoms with van der Waals surface area (Å²) in [5, 5.41) is 10.4. The monoisotopic (exact) mass is 393 g/mol. The Balaban J connectivity index is 1.99. The smallest absolute Gasteiger partial charge is 0.262 e. The molecule has 7 heteroatoms. The summed E-state index contributed by atoms with van der Waals surface area (Å²) >= 11 is 11.7. The Morgan fingerprint density at radius 2 is 1.44 bits per heavy atom. The van der Waals surface area contributed by atoms with E-state index in [1.165, 1.54) is 24.3 Å². The standard InChI is InChI=1S/C18H13Cl2NO3S/c19-14-9-15(20)11-16(10-14)25(23,24)21-17-8-13(6-7-18(17)22)12-4-2-1-3-5-12/h1-11,21-22H. The van der Waals surface area contributed by atoms with Gasteiger partial charge in [0.25, 0.3) is 10.0 Å². The average molecular weight is 394 g/mol. The van der Waals surface area contributed by atoms with Gasteiger partial charge in [-0.15, -0.1) is 0 Å². The number of halogens is 2. The Labute approximate surface area is 155 Å². The van der Waals surface area contributed by atoms with Gasteiger partial charge in [-0.25, -0.2) is 8.42 Å². The van der Waals surface area contributed by atoms with Gasteiger partial charge in [0.15, 0.2) is 0 Å². The van der Waals surface area contributed by atoms with E-state index in [1.807, 2.05) is 30.3 Å². The van der Waals surface area contributed by atoms with E-state index in [9.17, 15) is 13.5 Å². The van der Waals surface area contributed by atoms with Gasteiger partial charge in [0, 0.05) is 10.0 Å². The van der Waals surface area contributed by atoms with E-state index in [1.54, 1.807) is 12.1 Å². The Kier molecular flexibility index (Phi) is 4.90. The minimum absolute atomic E-state index is 0.0671. The summed E-state index contributed by atoms with van der Waals surface area (Å²) in [5.74, 6) is -0.184. The van der Waals surface area contributed by atoms with Crippen LogP contribution in [0.1, 0.15) is 0 Å². The zero-order valence-electron chi connectivity index (χ0n) is 12.8. The second-order valence-corrected chi connectivity index (χ2v) is 7.86. The number of benzene rings is 3. The minimum atomic E-state index is -3.96. The summed E-state index contributed by atoms with van der Waals surface area (Å²) < 4.78 is 27.5. The molecule has 0 saturated heterocycles. The normalized spacial score (nSPS) is 11.3. The molecule has 25 heavy (non-hydrogen) atoms. The molecule has 4 nitrogen and oxygen atoms in total. The van der Waals surface area contributed by atoms with Gasteiger partial charge < -0.3 is 5.11 Å². The Hall–Kier alpha value is -2.21. The third-order valence-corrected chi connectivity index (χ3v) is 5.28. The SMILES string of the molecule is O=S(=O)(Nc1cc(-c2ccccc2)ccc1O)c1cc(Cl)cc(Cl)c1. The van der Waals surface area contributed by atoms with Crippen molar-refractivity contribution in [2.45, 2.75) is 4.90 Å². The number of sulfonamides is 1. The van der Waals surface area contributed by atoms with E-state index in [4.69, 9.17) is 23.2 Å². The lowest BCUT2D eigenvalue weighted by Gasteiger charge is -2.12. The van der Waals surface area contributed by atoms with Crippen molar-refractivity contribution < 1.29 is 13.5 Å². The molecule has 0 radical (unpaired) electrons. The van der Waals surface area contributed by atoms with Crippen molar-refractivity contribution in [1.29, 1.82) is 0 Å². The van der Waals surface area contributed by atoms with Crippen LogP contribution in [0, 0.1) is 0 Å². The van der Waals surface area contributed by atoms with Crippen LogP contribution < -0.4 is 4.72 Å². The van der Waals surface area contributed by atoms with Gasteiger partial charge in [0.2, 0.25) is 0 Å². The number of rotatable bonds is 4. The minimum Gasteiger partial charge on any atom is -0.506 e. The number of nitrogens with one attached hydrogen (secondary N) is 1. The van der Waals surface area contributed by atoms with Crippen LogP contribution in [0.15, 0.2) is 71.6 Å². The summed E-state index contributed by atoms with van der Waals surface area (Å²) in [7, 11) is -3.96. The van der Waals surface area contributed by atoms with Crippen LogP contribution in [-0.4, -0.2) is 13.5 Å². The van der Waals surface area contributed by atoms with Crippen molar-refractivity contribution in [3.05, 3.63) is 76.8 Å². The Morgan fingerprint density at radius 1 is 0.800 bits per heavy atom. The van der Waals surface area contributed by atoms with Gasteiger partial charge in [-0.3, -0.25) is 4.72 Å². The second kappa shape index (κ2) is 6.96. The van der Waals surface area contributed by atoms with E-state index in [2.05, 4.69) is 4.72 Å². The molecular formula is C18H13Cl2NO3S. The van der Waals surface area contributed by atoms with Gasteiger partial charge in [-0.1, -0.05) is 59.6 Å². The molecule has 3 rings (SSSR count).